The van der Waals surface area contributed by atoms with Gasteiger partial charge in [-0.1, -0.05) is 41.4 Å². The number of nitrogens with zero attached hydrogens (tertiary/aromatic N) is 3. The first-order valence-electron chi connectivity index (χ1n) is 12.2. The molecule has 2 aromatic carbocycles. The molecule has 3 aromatic rings. The second-order valence-electron chi connectivity index (χ2n) is 9.01. The molecule has 10 heteroatoms. The van der Waals surface area contributed by atoms with Gasteiger partial charge in [-0.05, 0) is 29.8 Å². The summed E-state index contributed by atoms with van der Waals surface area (Å²) in [6, 6.07) is 13.9. The van der Waals surface area contributed by atoms with Crippen molar-refractivity contribution in [2.24, 2.45) is 5.73 Å². The van der Waals surface area contributed by atoms with E-state index in [4.69, 9.17) is 43.1 Å². The number of ether oxygens (including phenoxy) is 3. The van der Waals surface area contributed by atoms with E-state index in [9.17, 15) is 0 Å². The van der Waals surface area contributed by atoms with Gasteiger partial charge in [-0.3, -0.25) is 4.90 Å². The van der Waals surface area contributed by atoms with E-state index in [1.165, 1.54) is 5.56 Å². The van der Waals surface area contributed by atoms with Gasteiger partial charge in [-0.25, -0.2) is 4.98 Å². The molecule has 2 aliphatic heterocycles. The molecule has 3 heterocycles. The molecule has 1 aromatic heterocycles. The van der Waals surface area contributed by atoms with Crippen molar-refractivity contribution >= 4 is 23.2 Å². The van der Waals surface area contributed by atoms with Gasteiger partial charge in [0.1, 0.15) is 11.9 Å². The van der Waals surface area contributed by atoms with Gasteiger partial charge in [-0.15, -0.1) is 0 Å². The predicted octanol–water partition coefficient (Wildman–Crippen LogP) is 3.66. The summed E-state index contributed by atoms with van der Waals surface area (Å²) in [5.41, 5.74) is 7.86. The highest BCUT2D eigenvalue weighted by Crippen LogP contribution is 2.36. The summed E-state index contributed by atoms with van der Waals surface area (Å²) in [5.74, 6) is 0.727. The van der Waals surface area contributed by atoms with Gasteiger partial charge in [0.15, 0.2) is 12.4 Å². The van der Waals surface area contributed by atoms with Crippen molar-refractivity contribution in [2.45, 2.75) is 31.1 Å². The summed E-state index contributed by atoms with van der Waals surface area (Å²) in [4.78, 5) is 6.50. The monoisotopic (exact) mass is 531 g/mol. The van der Waals surface area contributed by atoms with Crippen molar-refractivity contribution in [3.8, 4) is 5.75 Å². The van der Waals surface area contributed by atoms with E-state index < -0.39 is 12.4 Å². The number of imidazole rings is 1. The van der Waals surface area contributed by atoms with Crippen LogP contribution in [0, 0.1) is 0 Å². The highest BCUT2D eigenvalue weighted by Gasteiger charge is 2.36. The topological polar surface area (TPSA) is 86.8 Å². The number of nitrogens with two attached hydrogens (primary N) is 1. The number of rotatable bonds is 9. The summed E-state index contributed by atoms with van der Waals surface area (Å²) >= 11 is 12.8. The van der Waals surface area contributed by atoms with Crippen molar-refractivity contribution in [3.63, 3.8) is 0 Å². The van der Waals surface area contributed by atoms with E-state index in [0.717, 1.165) is 37.5 Å². The van der Waals surface area contributed by atoms with Crippen LogP contribution < -0.4 is 15.8 Å². The largest absolute Gasteiger partial charge is 0.483 e. The molecular weight excluding hydrogens is 501 g/mol. The van der Waals surface area contributed by atoms with Crippen LogP contribution in [0.15, 0.2) is 61.2 Å². The first-order valence-corrected chi connectivity index (χ1v) is 13.0. The van der Waals surface area contributed by atoms with E-state index in [1.54, 1.807) is 18.6 Å². The number of aromatic nitrogens is 2. The third kappa shape index (κ3) is 6.03. The second-order valence-corrected chi connectivity index (χ2v) is 9.86. The number of piperazine rings is 1. The third-order valence-electron chi connectivity index (χ3n) is 6.60. The summed E-state index contributed by atoms with van der Waals surface area (Å²) in [5, 5.41) is 4.57. The third-order valence-corrected chi connectivity index (χ3v) is 7.16. The Morgan fingerprint density at radius 1 is 1.19 bits per heavy atom. The molecule has 0 amide bonds. The normalized spacial score (nSPS) is 23.6. The molecule has 0 aliphatic carbocycles. The van der Waals surface area contributed by atoms with Crippen LogP contribution in [0.2, 0.25) is 10.0 Å². The molecular formula is C26H31Cl2N5O3. The Kier molecular flexibility index (Phi) is 8.43. The molecule has 0 spiro atoms. The Labute approximate surface area is 221 Å². The fourth-order valence-electron chi connectivity index (χ4n) is 4.79. The zero-order chi connectivity index (χ0) is 24.9. The van der Waals surface area contributed by atoms with Gasteiger partial charge in [-0.2, -0.15) is 0 Å². The molecule has 3 N–H and O–H groups in total. The van der Waals surface area contributed by atoms with Crippen molar-refractivity contribution in [2.75, 3.05) is 39.3 Å². The van der Waals surface area contributed by atoms with Crippen molar-refractivity contribution < 1.29 is 14.2 Å². The smallest absolute Gasteiger partial charge is 0.176 e. The zero-order valence-corrected chi connectivity index (χ0v) is 21.4. The van der Waals surface area contributed by atoms with Crippen molar-refractivity contribution in [1.29, 1.82) is 0 Å². The highest BCUT2D eigenvalue weighted by atomic mass is 35.5. The van der Waals surface area contributed by atoms with Gasteiger partial charge >= 0.3 is 0 Å². The minimum Gasteiger partial charge on any atom is -0.483 e. The number of hydrogen-bond acceptors (Lipinski definition) is 7. The molecule has 36 heavy (non-hydrogen) atoms. The molecule has 4 atom stereocenters. The fraction of sp³-hybridized carbons (Fsp3) is 0.423. The average Bonchev–Trinajstić information content (AvgIpc) is 3.57. The van der Waals surface area contributed by atoms with Gasteiger partial charge < -0.3 is 29.8 Å². The summed E-state index contributed by atoms with van der Waals surface area (Å²) in [6.07, 6.45) is 4.12. The van der Waals surface area contributed by atoms with Crippen LogP contribution in [0.25, 0.3) is 0 Å². The maximum absolute atomic E-state index is 6.60. The first-order chi connectivity index (χ1) is 17.6. The summed E-state index contributed by atoms with van der Waals surface area (Å²) in [6.45, 7) is 5.30. The Hall–Kier alpha value is -2.17. The maximum Gasteiger partial charge on any atom is 0.176 e. The molecule has 2 saturated heterocycles. The molecule has 0 saturated carbocycles. The SMILES string of the molecule is NCCN1CCNCC1c1ccc(OC(c2ccc(Cl)cc2Cl)C2COC(Cn3ccnc3)O2)cc1. The molecule has 4 unspecified atom stereocenters. The highest BCUT2D eigenvalue weighted by molar-refractivity contribution is 6.35. The lowest BCUT2D eigenvalue weighted by Crippen LogP contribution is -2.47. The number of hydrogen-bond donors (Lipinski definition) is 2. The van der Waals surface area contributed by atoms with Crippen LogP contribution in [0.5, 0.6) is 5.75 Å². The van der Waals surface area contributed by atoms with E-state index in [-0.39, 0.29) is 12.1 Å². The van der Waals surface area contributed by atoms with Crippen LogP contribution >= 0.6 is 23.2 Å². The van der Waals surface area contributed by atoms with E-state index >= 15 is 0 Å². The Bertz CT molecular complexity index is 1110. The van der Waals surface area contributed by atoms with Crippen LogP contribution in [0.3, 0.4) is 0 Å². The van der Waals surface area contributed by atoms with Crippen LogP contribution in [0.4, 0.5) is 0 Å². The molecule has 0 bridgehead atoms. The molecule has 192 valence electrons. The predicted molar refractivity (Wildman–Crippen MR) is 139 cm³/mol. The molecule has 2 aliphatic rings. The standard InChI is InChI=1S/C26H31Cl2N5O3/c27-19-3-6-21(22(28)13-19)26(24-16-34-25(36-24)15-32-11-8-31-17-32)35-20-4-1-18(2-5-20)23-14-30-9-12-33(23)10-7-29/h1-6,8,11,13,17,23-26,30H,7,9-10,12,14-16,29H2. The zero-order valence-electron chi connectivity index (χ0n) is 19.9. The van der Waals surface area contributed by atoms with Crippen molar-refractivity contribution in [1.82, 2.24) is 19.8 Å². The van der Waals surface area contributed by atoms with Gasteiger partial charge in [0.25, 0.3) is 0 Å². The molecule has 2 fully saturated rings. The lowest BCUT2D eigenvalue weighted by Gasteiger charge is -2.36. The van der Waals surface area contributed by atoms with E-state index in [2.05, 4.69) is 27.3 Å². The van der Waals surface area contributed by atoms with Gasteiger partial charge in [0, 0.05) is 66.8 Å². The maximum atomic E-state index is 6.60. The second kappa shape index (κ2) is 11.9. The summed E-state index contributed by atoms with van der Waals surface area (Å²) < 4.78 is 20.6. The van der Waals surface area contributed by atoms with Crippen LogP contribution in [-0.2, 0) is 16.0 Å². The van der Waals surface area contributed by atoms with Gasteiger partial charge in [0.2, 0.25) is 0 Å². The first kappa shape index (κ1) is 25.5. The van der Waals surface area contributed by atoms with Gasteiger partial charge in [0.05, 0.1) is 19.5 Å². The molecule has 8 nitrogen and oxygen atoms in total. The molecule has 0 radical (unpaired) electrons. The Morgan fingerprint density at radius 2 is 2.06 bits per heavy atom. The van der Waals surface area contributed by atoms with Crippen LogP contribution in [-0.4, -0.2) is 66.2 Å². The van der Waals surface area contributed by atoms with Crippen LogP contribution in [0.1, 0.15) is 23.3 Å². The van der Waals surface area contributed by atoms with E-state index in [0.29, 0.717) is 29.7 Å². The summed E-state index contributed by atoms with van der Waals surface area (Å²) in [7, 11) is 0. The Morgan fingerprint density at radius 3 is 2.81 bits per heavy atom. The lowest BCUT2D eigenvalue weighted by molar-refractivity contribution is -0.0851. The average molecular weight is 532 g/mol. The minimum atomic E-state index is -0.474. The lowest BCUT2D eigenvalue weighted by atomic mass is 10.0. The number of halogens is 2. The Balaban J connectivity index is 1.34. The van der Waals surface area contributed by atoms with E-state index in [1.807, 2.05) is 35.0 Å². The number of nitrogens with one attached hydrogen (secondary N) is 1. The minimum absolute atomic E-state index is 0.286. The molecule has 5 rings (SSSR count). The fourth-order valence-corrected chi connectivity index (χ4v) is 5.31. The van der Waals surface area contributed by atoms with Crippen molar-refractivity contribution in [3.05, 3.63) is 82.4 Å². The number of benzene rings is 2. The quantitative estimate of drug-likeness (QED) is 0.435.